The second-order valence-corrected chi connectivity index (χ2v) is 6.89. The summed E-state index contributed by atoms with van der Waals surface area (Å²) in [5.74, 6) is 1.08. The molecule has 1 amide bonds. The number of fused-ring (bicyclic) bond motifs is 2. The van der Waals surface area contributed by atoms with Crippen LogP contribution in [0.5, 0.6) is 0 Å². The van der Waals surface area contributed by atoms with Gasteiger partial charge >= 0.3 is 11.1 Å². The summed E-state index contributed by atoms with van der Waals surface area (Å²) in [6.07, 6.45) is 4.40. The second kappa shape index (κ2) is 5.47. The number of likely N-dealkylation sites (tertiary alicyclic amines) is 1. The van der Waals surface area contributed by atoms with Crippen LogP contribution in [0.1, 0.15) is 30.1 Å². The number of carbonyl (C=O) groups excluding carboxylic acids is 1. The maximum absolute atomic E-state index is 12.8. The molecule has 1 fully saturated rings. The molecule has 24 heavy (non-hydrogen) atoms. The van der Waals surface area contributed by atoms with Gasteiger partial charge in [-0.3, -0.25) is 14.4 Å². The fraction of sp³-hybridized carbons (Fsp3) is 0.389. The molecule has 124 valence electrons. The van der Waals surface area contributed by atoms with Gasteiger partial charge in [0.25, 0.3) is 5.91 Å². The standard InChI is InChI=1S/C18H19N3O3/c1-10-2-3-12-8-21(9-13(12)6-10)18(24)11-4-5-14-15(7-11)20-17(23)16(22)19-14/h2,4-5,7,12-13H,3,6,8-9H2,1H3,(H,19,22)(H,20,23)/t12-,13+/m1/s1. The second-order valence-electron chi connectivity index (χ2n) is 6.89. The molecule has 2 atom stereocenters. The van der Waals surface area contributed by atoms with Gasteiger partial charge in [-0.05, 0) is 49.8 Å². The Hall–Kier alpha value is -2.63. The minimum atomic E-state index is -0.708. The smallest absolute Gasteiger partial charge is 0.314 e. The minimum absolute atomic E-state index is 0.0176. The Labute approximate surface area is 138 Å². The van der Waals surface area contributed by atoms with E-state index in [2.05, 4.69) is 23.0 Å². The molecule has 4 rings (SSSR count). The summed E-state index contributed by atoms with van der Waals surface area (Å²) in [7, 11) is 0. The summed E-state index contributed by atoms with van der Waals surface area (Å²) < 4.78 is 0. The van der Waals surface area contributed by atoms with Crippen molar-refractivity contribution in [3.63, 3.8) is 0 Å². The molecule has 1 saturated heterocycles. The molecule has 6 nitrogen and oxygen atoms in total. The molecule has 0 saturated carbocycles. The highest BCUT2D eigenvalue weighted by Crippen LogP contribution is 2.36. The molecule has 0 unspecified atom stereocenters. The Kier molecular flexibility index (Phi) is 3.40. The van der Waals surface area contributed by atoms with Crippen molar-refractivity contribution < 1.29 is 4.79 Å². The Bertz CT molecular complexity index is 969. The molecular weight excluding hydrogens is 306 g/mol. The van der Waals surface area contributed by atoms with Crippen molar-refractivity contribution in [3.05, 3.63) is 56.1 Å². The largest absolute Gasteiger partial charge is 0.338 e. The molecule has 0 spiro atoms. The number of rotatable bonds is 1. The van der Waals surface area contributed by atoms with Crippen LogP contribution >= 0.6 is 0 Å². The van der Waals surface area contributed by atoms with Crippen molar-refractivity contribution in [2.75, 3.05) is 13.1 Å². The first-order valence-electron chi connectivity index (χ1n) is 8.22. The number of aromatic nitrogens is 2. The average molecular weight is 325 g/mol. The Morgan fingerprint density at radius 2 is 1.79 bits per heavy atom. The van der Waals surface area contributed by atoms with E-state index in [-0.39, 0.29) is 5.91 Å². The molecule has 1 aromatic carbocycles. The zero-order valence-corrected chi connectivity index (χ0v) is 13.5. The first-order valence-corrected chi connectivity index (χ1v) is 8.22. The minimum Gasteiger partial charge on any atom is -0.338 e. The average Bonchev–Trinajstić information content (AvgIpc) is 2.98. The van der Waals surface area contributed by atoms with E-state index < -0.39 is 11.1 Å². The molecule has 1 aromatic heterocycles. The van der Waals surface area contributed by atoms with Gasteiger partial charge in [0.05, 0.1) is 11.0 Å². The van der Waals surface area contributed by atoms with Gasteiger partial charge in [-0.15, -0.1) is 0 Å². The summed E-state index contributed by atoms with van der Waals surface area (Å²) in [5.41, 5.74) is 1.55. The fourth-order valence-electron chi connectivity index (χ4n) is 3.88. The van der Waals surface area contributed by atoms with Crippen LogP contribution in [-0.2, 0) is 0 Å². The lowest BCUT2D eigenvalue weighted by Crippen LogP contribution is -2.30. The number of aromatic amines is 2. The van der Waals surface area contributed by atoms with E-state index in [1.807, 2.05) is 4.90 Å². The molecule has 2 aliphatic rings. The van der Waals surface area contributed by atoms with Crippen LogP contribution < -0.4 is 11.1 Å². The quantitative estimate of drug-likeness (QED) is 0.617. The third kappa shape index (κ3) is 2.48. The summed E-state index contributed by atoms with van der Waals surface area (Å²) >= 11 is 0. The number of amides is 1. The maximum Gasteiger partial charge on any atom is 0.314 e. The summed E-state index contributed by atoms with van der Waals surface area (Å²) in [5, 5.41) is 0. The van der Waals surface area contributed by atoms with Crippen molar-refractivity contribution >= 4 is 16.9 Å². The Morgan fingerprint density at radius 1 is 1.08 bits per heavy atom. The monoisotopic (exact) mass is 325 g/mol. The first kappa shape index (κ1) is 14.9. The lowest BCUT2D eigenvalue weighted by Gasteiger charge is -2.21. The molecule has 1 aliphatic carbocycles. The third-order valence-corrected chi connectivity index (χ3v) is 5.19. The van der Waals surface area contributed by atoms with Crippen LogP contribution in [0.15, 0.2) is 39.4 Å². The number of H-pyrrole nitrogens is 2. The van der Waals surface area contributed by atoms with Crippen LogP contribution in [0.3, 0.4) is 0 Å². The van der Waals surface area contributed by atoms with Crippen LogP contribution in [0.25, 0.3) is 11.0 Å². The van der Waals surface area contributed by atoms with Gasteiger partial charge in [0.1, 0.15) is 0 Å². The Morgan fingerprint density at radius 3 is 2.58 bits per heavy atom. The fourth-order valence-corrected chi connectivity index (χ4v) is 3.88. The number of nitrogens with zero attached hydrogens (tertiary/aromatic N) is 1. The predicted molar refractivity (Wildman–Crippen MR) is 91.1 cm³/mol. The van der Waals surface area contributed by atoms with Crippen LogP contribution in [0, 0.1) is 11.8 Å². The van der Waals surface area contributed by atoms with E-state index >= 15 is 0 Å². The molecule has 0 bridgehead atoms. The first-order chi connectivity index (χ1) is 11.5. The van der Waals surface area contributed by atoms with E-state index in [0.717, 1.165) is 25.9 Å². The zero-order chi connectivity index (χ0) is 16.8. The van der Waals surface area contributed by atoms with Crippen molar-refractivity contribution in [1.82, 2.24) is 14.9 Å². The third-order valence-electron chi connectivity index (χ3n) is 5.19. The molecular formula is C18H19N3O3. The lowest BCUT2D eigenvalue weighted by atomic mass is 9.83. The molecule has 1 aliphatic heterocycles. The van der Waals surface area contributed by atoms with E-state index in [9.17, 15) is 14.4 Å². The van der Waals surface area contributed by atoms with E-state index in [1.54, 1.807) is 18.2 Å². The molecule has 0 radical (unpaired) electrons. The van der Waals surface area contributed by atoms with Gasteiger partial charge in [-0.25, -0.2) is 0 Å². The van der Waals surface area contributed by atoms with E-state index in [1.165, 1.54) is 5.57 Å². The number of benzene rings is 1. The molecule has 2 heterocycles. The van der Waals surface area contributed by atoms with Crippen LogP contribution in [0.2, 0.25) is 0 Å². The molecule has 6 heteroatoms. The number of carbonyl (C=O) groups is 1. The lowest BCUT2D eigenvalue weighted by molar-refractivity contribution is 0.0784. The van der Waals surface area contributed by atoms with Gasteiger partial charge in [0.2, 0.25) is 0 Å². The highest BCUT2D eigenvalue weighted by Gasteiger charge is 2.36. The summed E-state index contributed by atoms with van der Waals surface area (Å²) in [6, 6.07) is 5.00. The van der Waals surface area contributed by atoms with E-state index in [0.29, 0.717) is 28.4 Å². The van der Waals surface area contributed by atoms with Gasteiger partial charge in [-0.2, -0.15) is 0 Å². The van der Waals surface area contributed by atoms with Crippen molar-refractivity contribution in [2.24, 2.45) is 11.8 Å². The SMILES string of the molecule is CC1=CC[C@@H]2CN(C(=O)c3ccc4[nH]c(=O)c(=O)[nH]c4c3)C[C@@H]2C1. The van der Waals surface area contributed by atoms with Crippen molar-refractivity contribution in [1.29, 1.82) is 0 Å². The summed E-state index contributed by atoms with van der Waals surface area (Å²) in [4.78, 5) is 42.6. The van der Waals surface area contributed by atoms with Crippen LogP contribution in [0.4, 0.5) is 0 Å². The molecule has 2 aromatic rings. The van der Waals surface area contributed by atoms with Crippen LogP contribution in [-0.4, -0.2) is 33.9 Å². The van der Waals surface area contributed by atoms with Gasteiger partial charge < -0.3 is 14.9 Å². The number of allylic oxidation sites excluding steroid dienone is 2. The van der Waals surface area contributed by atoms with E-state index in [4.69, 9.17) is 0 Å². The number of nitrogens with one attached hydrogen (secondary N) is 2. The van der Waals surface area contributed by atoms with Crippen molar-refractivity contribution in [3.8, 4) is 0 Å². The van der Waals surface area contributed by atoms with Crippen molar-refractivity contribution in [2.45, 2.75) is 19.8 Å². The highest BCUT2D eigenvalue weighted by atomic mass is 16.2. The van der Waals surface area contributed by atoms with Gasteiger partial charge in [0.15, 0.2) is 0 Å². The maximum atomic E-state index is 12.8. The predicted octanol–water partition coefficient (Wildman–Crippen LogP) is 1.64. The van der Waals surface area contributed by atoms with Gasteiger partial charge in [0, 0.05) is 18.7 Å². The zero-order valence-electron chi connectivity index (χ0n) is 13.5. The molecule has 2 N–H and O–H groups in total. The Balaban J connectivity index is 1.61. The summed E-state index contributed by atoms with van der Waals surface area (Å²) in [6.45, 7) is 3.73. The number of hydrogen-bond donors (Lipinski definition) is 2. The van der Waals surface area contributed by atoms with Gasteiger partial charge in [-0.1, -0.05) is 11.6 Å². The number of hydrogen-bond acceptors (Lipinski definition) is 3. The topological polar surface area (TPSA) is 86.0 Å². The highest BCUT2D eigenvalue weighted by molar-refractivity contribution is 5.97. The normalized spacial score (nSPS) is 23.2.